The van der Waals surface area contributed by atoms with E-state index in [1.54, 1.807) is 0 Å². The second-order valence-corrected chi connectivity index (χ2v) is 4.70. The van der Waals surface area contributed by atoms with Gasteiger partial charge in [0, 0.05) is 6.54 Å². The summed E-state index contributed by atoms with van der Waals surface area (Å²) in [6.45, 7) is 0.197. The molecule has 0 radical (unpaired) electrons. The van der Waals surface area contributed by atoms with Gasteiger partial charge in [-0.1, -0.05) is 36.8 Å². The number of carbonyl (C=O) groups excluding carboxylic acids is 1. The van der Waals surface area contributed by atoms with Gasteiger partial charge in [0.1, 0.15) is 0 Å². The summed E-state index contributed by atoms with van der Waals surface area (Å²) in [5.74, 6) is -0.932. The molecule has 0 heterocycles. The maximum absolute atomic E-state index is 12.2. The van der Waals surface area contributed by atoms with Crippen molar-refractivity contribution in [1.29, 1.82) is 0 Å². The largest absolute Gasteiger partial charge is 0.481 e. The Bertz CT molecular complexity index is 438. The van der Waals surface area contributed by atoms with Crippen molar-refractivity contribution >= 4 is 11.9 Å². The normalized spacial score (nSPS) is 16.7. The summed E-state index contributed by atoms with van der Waals surface area (Å²) in [4.78, 5) is 22.7. The lowest BCUT2D eigenvalue weighted by Gasteiger charge is -2.40. The molecule has 1 aromatic carbocycles. The number of aliphatic carboxylic acids is 1. The quantitative estimate of drug-likeness (QED) is 0.832. The Hall–Kier alpha value is -1.84. The number of carbonyl (C=O) groups is 2. The molecule has 1 saturated carbocycles. The number of amides is 1. The van der Waals surface area contributed by atoms with E-state index < -0.39 is 11.4 Å². The fourth-order valence-electron chi connectivity index (χ4n) is 2.39. The Labute approximate surface area is 106 Å². The fourth-order valence-corrected chi connectivity index (χ4v) is 2.39. The molecule has 0 aliphatic heterocycles. The maximum Gasteiger partial charge on any atom is 0.305 e. The third-order valence-corrected chi connectivity index (χ3v) is 3.59. The van der Waals surface area contributed by atoms with Gasteiger partial charge < -0.3 is 10.4 Å². The number of nitrogens with one attached hydrogen (secondary N) is 1. The Morgan fingerprint density at radius 3 is 2.39 bits per heavy atom. The zero-order valence-corrected chi connectivity index (χ0v) is 10.2. The maximum atomic E-state index is 12.2. The van der Waals surface area contributed by atoms with Crippen LogP contribution >= 0.6 is 0 Å². The summed E-state index contributed by atoms with van der Waals surface area (Å²) >= 11 is 0. The van der Waals surface area contributed by atoms with E-state index in [4.69, 9.17) is 5.11 Å². The van der Waals surface area contributed by atoms with E-state index in [-0.39, 0.29) is 18.9 Å². The van der Waals surface area contributed by atoms with Gasteiger partial charge in [0.05, 0.1) is 11.8 Å². The van der Waals surface area contributed by atoms with Crippen LogP contribution in [0.2, 0.25) is 0 Å². The Morgan fingerprint density at radius 1 is 1.22 bits per heavy atom. The van der Waals surface area contributed by atoms with Gasteiger partial charge in [-0.3, -0.25) is 9.59 Å². The van der Waals surface area contributed by atoms with Crippen LogP contribution in [0, 0.1) is 0 Å². The molecule has 1 fully saturated rings. The van der Waals surface area contributed by atoms with Crippen LogP contribution in [0.3, 0.4) is 0 Å². The van der Waals surface area contributed by atoms with E-state index in [2.05, 4.69) is 5.32 Å². The van der Waals surface area contributed by atoms with Gasteiger partial charge in [0.15, 0.2) is 0 Å². The molecule has 96 valence electrons. The summed E-state index contributed by atoms with van der Waals surface area (Å²) in [7, 11) is 0. The molecular formula is C14H17NO3. The molecule has 0 bridgehead atoms. The molecule has 0 aromatic heterocycles. The molecule has 1 aliphatic rings. The van der Waals surface area contributed by atoms with Crippen LogP contribution < -0.4 is 5.32 Å². The van der Waals surface area contributed by atoms with Crippen molar-refractivity contribution in [3.05, 3.63) is 35.9 Å². The highest BCUT2D eigenvalue weighted by Crippen LogP contribution is 2.43. The molecule has 1 aliphatic carbocycles. The van der Waals surface area contributed by atoms with Crippen LogP contribution in [0.5, 0.6) is 0 Å². The van der Waals surface area contributed by atoms with E-state index >= 15 is 0 Å². The second kappa shape index (κ2) is 5.21. The lowest BCUT2D eigenvalue weighted by Crippen LogP contribution is -2.49. The van der Waals surface area contributed by atoms with Crippen molar-refractivity contribution in [2.75, 3.05) is 6.54 Å². The van der Waals surface area contributed by atoms with Crippen LogP contribution in [0.1, 0.15) is 31.2 Å². The Morgan fingerprint density at radius 2 is 1.89 bits per heavy atom. The first kappa shape index (κ1) is 12.6. The van der Waals surface area contributed by atoms with Crippen LogP contribution in [0.4, 0.5) is 0 Å². The molecule has 0 unspecified atom stereocenters. The minimum atomic E-state index is -0.891. The molecule has 1 aromatic rings. The summed E-state index contributed by atoms with van der Waals surface area (Å²) < 4.78 is 0. The molecule has 2 N–H and O–H groups in total. The predicted molar refractivity (Wildman–Crippen MR) is 67.2 cm³/mol. The lowest BCUT2D eigenvalue weighted by atomic mass is 9.64. The molecular weight excluding hydrogens is 230 g/mol. The SMILES string of the molecule is O=C(O)CCNC(=O)C1(c2ccccc2)CCC1. The lowest BCUT2D eigenvalue weighted by molar-refractivity contribution is -0.137. The van der Waals surface area contributed by atoms with E-state index in [0.717, 1.165) is 24.8 Å². The van der Waals surface area contributed by atoms with Crippen molar-refractivity contribution in [2.45, 2.75) is 31.1 Å². The number of carboxylic acid groups (broad SMARTS) is 1. The number of rotatable bonds is 5. The highest BCUT2D eigenvalue weighted by molar-refractivity contribution is 5.89. The smallest absolute Gasteiger partial charge is 0.305 e. The molecule has 2 rings (SSSR count). The third-order valence-electron chi connectivity index (χ3n) is 3.59. The molecule has 4 nitrogen and oxygen atoms in total. The average Bonchev–Trinajstić information content (AvgIpc) is 2.28. The van der Waals surface area contributed by atoms with E-state index in [1.807, 2.05) is 30.3 Å². The number of hydrogen-bond acceptors (Lipinski definition) is 2. The van der Waals surface area contributed by atoms with Crippen LogP contribution in [-0.4, -0.2) is 23.5 Å². The van der Waals surface area contributed by atoms with Crippen molar-refractivity contribution in [1.82, 2.24) is 5.32 Å². The monoisotopic (exact) mass is 247 g/mol. The van der Waals surface area contributed by atoms with Gasteiger partial charge in [-0.25, -0.2) is 0 Å². The number of hydrogen-bond donors (Lipinski definition) is 2. The van der Waals surface area contributed by atoms with Gasteiger partial charge >= 0.3 is 5.97 Å². The molecule has 18 heavy (non-hydrogen) atoms. The summed E-state index contributed by atoms with van der Waals surface area (Å²) in [6.07, 6.45) is 2.70. The molecule has 0 atom stereocenters. The van der Waals surface area contributed by atoms with Crippen LogP contribution in [-0.2, 0) is 15.0 Å². The predicted octanol–water partition coefficient (Wildman–Crippen LogP) is 1.70. The zero-order chi connectivity index (χ0) is 13.0. The molecule has 4 heteroatoms. The summed E-state index contributed by atoms with van der Waals surface area (Å²) in [6, 6.07) is 9.73. The van der Waals surface area contributed by atoms with Gasteiger partial charge in [0.2, 0.25) is 5.91 Å². The first-order chi connectivity index (χ1) is 8.65. The summed E-state index contributed by atoms with van der Waals surface area (Å²) in [5.41, 5.74) is 0.601. The minimum Gasteiger partial charge on any atom is -0.481 e. The fraction of sp³-hybridized carbons (Fsp3) is 0.429. The molecule has 0 spiro atoms. The average molecular weight is 247 g/mol. The third kappa shape index (κ3) is 2.37. The zero-order valence-electron chi connectivity index (χ0n) is 10.2. The first-order valence-corrected chi connectivity index (χ1v) is 6.21. The van der Waals surface area contributed by atoms with Crippen LogP contribution in [0.25, 0.3) is 0 Å². The van der Waals surface area contributed by atoms with Crippen molar-refractivity contribution in [2.24, 2.45) is 0 Å². The highest BCUT2D eigenvalue weighted by Gasteiger charge is 2.45. The van der Waals surface area contributed by atoms with Crippen molar-refractivity contribution in [3.63, 3.8) is 0 Å². The highest BCUT2D eigenvalue weighted by atomic mass is 16.4. The van der Waals surface area contributed by atoms with Gasteiger partial charge in [0.25, 0.3) is 0 Å². The van der Waals surface area contributed by atoms with E-state index in [1.165, 1.54) is 0 Å². The minimum absolute atomic E-state index is 0.0311. The van der Waals surface area contributed by atoms with Gasteiger partial charge in [-0.05, 0) is 18.4 Å². The van der Waals surface area contributed by atoms with E-state index in [0.29, 0.717) is 0 Å². The van der Waals surface area contributed by atoms with Gasteiger partial charge in [-0.2, -0.15) is 0 Å². The number of carboxylic acids is 1. The van der Waals surface area contributed by atoms with Crippen molar-refractivity contribution < 1.29 is 14.7 Å². The standard InChI is InChI=1S/C14H17NO3/c16-12(17)7-10-15-13(18)14(8-4-9-14)11-5-2-1-3-6-11/h1-3,5-6H,4,7-10H2,(H,15,18)(H,16,17). The second-order valence-electron chi connectivity index (χ2n) is 4.70. The van der Waals surface area contributed by atoms with E-state index in [9.17, 15) is 9.59 Å². The van der Waals surface area contributed by atoms with Crippen LogP contribution in [0.15, 0.2) is 30.3 Å². The number of benzene rings is 1. The van der Waals surface area contributed by atoms with Gasteiger partial charge in [-0.15, -0.1) is 0 Å². The Kier molecular flexibility index (Phi) is 3.65. The summed E-state index contributed by atoms with van der Waals surface area (Å²) in [5, 5.41) is 11.3. The Balaban J connectivity index is 2.04. The van der Waals surface area contributed by atoms with Crippen molar-refractivity contribution in [3.8, 4) is 0 Å². The molecule has 0 saturated heterocycles. The topological polar surface area (TPSA) is 66.4 Å². The molecule has 1 amide bonds. The first-order valence-electron chi connectivity index (χ1n) is 6.21.